The first kappa shape index (κ1) is 17.4. The van der Waals surface area contributed by atoms with Crippen molar-refractivity contribution in [3.8, 4) is 5.75 Å². The van der Waals surface area contributed by atoms with Crippen molar-refractivity contribution in [2.75, 3.05) is 11.9 Å². The summed E-state index contributed by atoms with van der Waals surface area (Å²) in [5.74, 6) is -0.689. The Morgan fingerprint density at radius 3 is 2.58 bits per heavy atom. The standard InChI is InChI=1S/C18H17FN2O3/c1-12-10-14(6-9-16(12)20-3)21-17(22)18(2,23)11-24-15-7-4-13(19)5-8-15/h4-10,23H,11H2,1-2H3,(H,21,22)/t18-/m0/s1. The molecule has 124 valence electrons. The van der Waals surface area contributed by atoms with Gasteiger partial charge in [-0.05, 0) is 55.8 Å². The molecule has 6 heteroatoms. The summed E-state index contributed by atoms with van der Waals surface area (Å²) < 4.78 is 18.2. The SMILES string of the molecule is [C-]#[N+]c1ccc(NC(=O)[C@@](C)(O)COc2ccc(F)cc2)cc1C. The molecule has 0 aliphatic rings. The van der Waals surface area contributed by atoms with Crippen molar-refractivity contribution in [2.24, 2.45) is 0 Å². The van der Waals surface area contributed by atoms with Crippen LogP contribution in [0, 0.1) is 19.3 Å². The highest BCUT2D eigenvalue weighted by Gasteiger charge is 2.31. The predicted molar refractivity (Wildman–Crippen MR) is 88.6 cm³/mol. The quantitative estimate of drug-likeness (QED) is 0.826. The third-order valence-corrected chi connectivity index (χ3v) is 3.40. The van der Waals surface area contributed by atoms with E-state index in [1.54, 1.807) is 25.1 Å². The topological polar surface area (TPSA) is 62.9 Å². The molecule has 0 saturated carbocycles. The van der Waals surface area contributed by atoms with Crippen LogP contribution in [0.15, 0.2) is 42.5 Å². The summed E-state index contributed by atoms with van der Waals surface area (Å²) in [6.45, 7) is 9.80. The number of nitrogens with zero attached hydrogens (tertiary/aromatic N) is 1. The Balaban J connectivity index is 2.00. The van der Waals surface area contributed by atoms with E-state index >= 15 is 0 Å². The summed E-state index contributed by atoms with van der Waals surface area (Å²) in [7, 11) is 0. The molecule has 2 rings (SSSR count). The molecule has 0 bridgehead atoms. The molecule has 2 aromatic rings. The molecule has 0 heterocycles. The Morgan fingerprint density at radius 1 is 1.33 bits per heavy atom. The lowest BCUT2D eigenvalue weighted by Crippen LogP contribution is -2.45. The molecule has 5 nitrogen and oxygen atoms in total. The molecule has 0 unspecified atom stereocenters. The van der Waals surface area contributed by atoms with E-state index in [9.17, 15) is 14.3 Å². The van der Waals surface area contributed by atoms with E-state index in [1.165, 1.54) is 31.2 Å². The first-order chi connectivity index (χ1) is 11.3. The van der Waals surface area contributed by atoms with Crippen LogP contribution < -0.4 is 10.1 Å². The van der Waals surface area contributed by atoms with Crippen molar-refractivity contribution in [1.82, 2.24) is 0 Å². The number of nitrogens with one attached hydrogen (secondary N) is 1. The number of amides is 1. The van der Waals surface area contributed by atoms with Crippen molar-refractivity contribution >= 4 is 17.3 Å². The Labute approximate surface area is 139 Å². The summed E-state index contributed by atoms with van der Waals surface area (Å²) in [4.78, 5) is 15.6. The van der Waals surface area contributed by atoms with E-state index in [0.717, 1.165) is 5.56 Å². The van der Waals surface area contributed by atoms with Gasteiger partial charge in [-0.15, -0.1) is 0 Å². The average Bonchev–Trinajstić information content (AvgIpc) is 2.54. The molecule has 0 fully saturated rings. The molecule has 2 N–H and O–H groups in total. The van der Waals surface area contributed by atoms with Crippen LogP contribution in [0.3, 0.4) is 0 Å². The highest BCUT2D eigenvalue weighted by Crippen LogP contribution is 2.23. The van der Waals surface area contributed by atoms with E-state index < -0.39 is 17.3 Å². The molecule has 0 aliphatic heterocycles. The zero-order valence-electron chi connectivity index (χ0n) is 13.3. The smallest absolute Gasteiger partial charge is 0.259 e. The normalized spacial score (nSPS) is 12.8. The molecule has 24 heavy (non-hydrogen) atoms. The van der Waals surface area contributed by atoms with Gasteiger partial charge in [0, 0.05) is 5.69 Å². The van der Waals surface area contributed by atoms with Crippen LogP contribution in [0.25, 0.3) is 4.85 Å². The van der Waals surface area contributed by atoms with Crippen LogP contribution in [0.4, 0.5) is 15.8 Å². The summed E-state index contributed by atoms with van der Waals surface area (Å²) in [6, 6.07) is 10.1. The van der Waals surface area contributed by atoms with Crippen molar-refractivity contribution < 1.29 is 19.0 Å². The van der Waals surface area contributed by atoms with Gasteiger partial charge in [-0.25, -0.2) is 9.24 Å². The van der Waals surface area contributed by atoms with Gasteiger partial charge in [-0.2, -0.15) is 0 Å². The molecule has 2 aromatic carbocycles. The number of halogens is 1. The fourth-order valence-corrected chi connectivity index (χ4v) is 1.94. The van der Waals surface area contributed by atoms with E-state index in [-0.39, 0.29) is 6.61 Å². The van der Waals surface area contributed by atoms with Gasteiger partial charge in [0.25, 0.3) is 5.91 Å². The highest BCUT2D eigenvalue weighted by molar-refractivity contribution is 5.97. The fourth-order valence-electron chi connectivity index (χ4n) is 1.94. The first-order valence-electron chi connectivity index (χ1n) is 7.22. The summed E-state index contributed by atoms with van der Waals surface area (Å²) in [5.41, 5.74) is -0.0721. The van der Waals surface area contributed by atoms with Crippen LogP contribution in [0.2, 0.25) is 0 Å². The molecular weight excluding hydrogens is 311 g/mol. The third-order valence-electron chi connectivity index (χ3n) is 3.40. The number of aliphatic hydroxyl groups is 1. The first-order valence-corrected chi connectivity index (χ1v) is 7.22. The predicted octanol–water partition coefficient (Wildman–Crippen LogP) is 3.45. The highest BCUT2D eigenvalue weighted by atomic mass is 19.1. The van der Waals surface area contributed by atoms with Gasteiger partial charge in [-0.3, -0.25) is 4.79 Å². The Bertz CT molecular complexity index is 780. The number of benzene rings is 2. The Kier molecular flexibility index (Phi) is 5.17. The molecule has 1 atom stereocenters. The van der Waals surface area contributed by atoms with Gasteiger partial charge < -0.3 is 15.2 Å². The van der Waals surface area contributed by atoms with E-state index in [4.69, 9.17) is 11.3 Å². The molecule has 0 radical (unpaired) electrons. The largest absolute Gasteiger partial charge is 0.490 e. The number of anilines is 1. The maximum atomic E-state index is 12.8. The second kappa shape index (κ2) is 7.11. The lowest BCUT2D eigenvalue weighted by atomic mass is 10.1. The maximum absolute atomic E-state index is 12.8. The summed E-state index contributed by atoms with van der Waals surface area (Å²) in [6.07, 6.45) is 0. The maximum Gasteiger partial charge on any atom is 0.259 e. The van der Waals surface area contributed by atoms with Crippen molar-refractivity contribution in [3.63, 3.8) is 0 Å². The van der Waals surface area contributed by atoms with Gasteiger partial charge in [0.2, 0.25) is 0 Å². The number of hydrogen-bond donors (Lipinski definition) is 2. The van der Waals surface area contributed by atoms with Gasteiger partial charge in [-0.1, -0.05) is 6.07 Å². The van der Waals surface area contributed by atoms with Crippen molar-refractivity contribution in [1.29, 1.82) is 0 Å². The number of aryl methyl sites for hydroxylation is 1. The molecule has 0 aliphatic carbocycles. The summed E-state index contributed by atoms with van der Waals surface area (Å²) in [5, 5.41) is 12.9. The van der Waals surface area contributed by atoms with Crippen LogP contribution in [0.1, 0.15) is 12.5 Å². The van der Waals surface area contributed by atoms with Gasteiger partial charge in [0.05, 0.1) is 6.57 Å². The minimum atomic E-state index is -1.78. The second-order valence-corrected chi connectivity index (χ2v) is 5.58. The molecule has 0 saturated heterocycles. The minimum absolute atomic E-state index is 0.288. The van der Waals surface area contributed by atoms with Crippen LogP contribution in [-0.2, 0) is 4.79 Å². The van der Waals surface area contributed by atoms with Crippen LogP contribution >= 0.6 is 0 Å². The van der Waals surface area contributed by atoms with Crippen molar-refractivity contribution in [3.05, 3.63) is 65.3 Å². The Morgan fingerprint density at radius 2 is 2.00 bits per heavy atom. The lowest BCUT2D eigenvalue weighted by Gasteiger charge is -2.22. The monoisotopic (exact) mass is 328 g/mol. The lowest BCUT2D eigenvalue weighted by molar-refractivity contribution is -0.135. The number of ether oxygens (including phenoxy) is 1. The number of hydrogen-bond acceptors (Lipinski definition) is 3. The van der Waals surface area contributed by atoms with E-state index in [2.05, 4.69) is 10.2 Å². The van der Waals surface area contributed by atoms with Gasteiger partial charge in [0.1, 0.15) is 18.2 Å². The van der Waals surface area contributed by atoms with Crippen molar-refractivity contribution in [2.45, 2.75) is 19.4 Å². The third kappa shape index (κ3) is 4.31. The van der Waals surface area contributed by atoms with Crippen LogP contribution in [0.5, 0.6) is 5.75 Å². The molecule has 0 spiro atoms. The molecule has 0 aromatic heterocycles. The fraction of sp³-hybridized carbons (Fsp3) is 0.222. The van der Waals surface area contributed by atoms with Gasteiger partial charge >= 0.3 is 0 Å². The number of rotatable bonds is 5. The van der Waals surface area contributed by atoms with E-state index in [0.29, 0.717) is 17.1 Å². The zero-order valence-corrected chi connectivity index (χ0v) is 13.3. The van der Waals surface area contributed by atoms with E-state index in [1.807, 2.05) is 0 Å². The zero-order chi connectivity index (χ0) is 17.7. The summed E-state index contributed by atoms with van der Waals surface area (Å²) >= 11 is 0. The number of carbonyl (C=O) groups is 1. The minimum Gasteiger partial charge on any atom is -0.490 e. The Hall–Kier alpha value is -2.91. The second-order valence-electron chi connectivity index (χ2n) is 5.58. The molecular formula is C18H17FN2O3. The average molecular weight is 328 g/mol. The van der Waals surface area contributed by atoms with Gasteiger partial charge in [0.15, 0.2) is 11.3 Å². The molecule has 1 amide bonds. The van der Waals surface area contributed by atoms with Crippen LogP contribution in [-0.4, -0.2) is 23.2 Å². The number of carbonyl (C=O) groups excluding carboxylic acids is 1.